The summed E-state index contributed by atoms with van der Waals surface area (Å²) in [6.45, 7) is 4.28. The van der Waals surface area contributed by atoms with E-state index >= 15 is 0 Å². The van der Waals surface area contributed by atoms with Crippen LogP contribution >= 0.6 is 23.5 Å². The van der Waals surface area contributed by atoms with Gasteiger partial charge < -0.3 is 20.5 Å². The number of nitrogens with zero attached hydrogens (tertiary/aromatic N) is 1. The molecule has 4 rings (SSSR count). The number of carbonyl (C=O) groups is 5. The molecule has 1 heterocycles. The van der Waals surface area contributed by atoms with Gasteiger partial charge in [-0.1, -0.05) is 88.1 Å². The van der Waals surface area contributed by atoms with Crippen LogP contribution in [0.4, 0.5) is 11.4 Å². The Balaban J connectivity index is 1.57. The number of carbonyl (C=O) groups excluding carboxylic acids is 4. The molecule has 0 unspecified atom stereocenters. The molecule has 0 radical (unpaired) electrons. The number of benzene rings is 3. The van der Waals surface area contributed by atoms with Crippen molar-refractivity contribution in [1.29, 1.82) is 0 Å². The monoisotopic (exact) mass is 733 g/mol. The molecule has 3 amide bonds. The molecule has 0 fully saturated rings. The highest BCUT2D eigenvalue weighted by molar-refractivity contribution is 8.14. The summed E-state index contributed by atoms with van der Waals surface area (Å²) in [5.74, 6) is -1.52. The lowest BCUT2D eigenvalue weighted by atomic mass is 9.77. The van der Waals surface area contributed by atoms with E-state index in [9.17, 15) is 24.0 Å². The standard InChI is InChI=1S/C39H47N3O7S2/c1-4-6-21-39(22-7-5-2)37(47)42(28-17-12-9-13-18-28)29-25-32(50-3)30(26-31(29)51-38(39)48)49-24-20-33(43)41-35(27-15-10-8-11-16-27)36(46)40-23-14-19-34(44)45/h8-13,15-18,25-26,35H,4-7,14,19-24H2,1-3H3,(H,40,46)(H,41,43)(H,44,45)/t35-/m1/s1. The van der Waals surface area contributed by atoms with E-state index in [-0.39, 0.29) is 43.4 Å². The number of carboxylic acid groups (broad SMARTS) is 1. The number of ether oxygens (including phenoxy) is 1. The van der Waals surface area contributed by atoms with Crippen LogP contribution in [0.25, 0.3) is 0 Å². The number of nitrogens with one attached hydrogen (secondary N) is 2. The van der Waals surface area contributed by atoms with Crippen LogP contribution in [0.5, 0.6) is 5.75 Å². The van der Waals surface area contributed by atoms with Gasteiger partial charge in [0.15, 0.2) is 0 Å². The number of unbranched alkanes of at least 4 members (excludes halogenated alkanes) is 2. The molecule has 3 N–H and O–H groups in total. The number of rotatable bonds is 19. The molecule has 0 aromatic heterocycles. The Morgan fingerprint density at radius 2 is 1.57 bits per heavy atom. The van der Waals surface area contributed by atoms with Gasteiger partial charge in [-0.25, -0.2) is 0 Å². The average molecular weight is 734 g/mol. The summed E-state index contributed by atoms with van der Waals surface area (Å²) in [6.07, 6.45) is 6.22. The number of carboxylic acids is 1. The van der Waals surface area contributed by atoms with Gasteiger partial charge in [-0.2, -0.15) is 0 Å². The van der Waals surface area contributed by atoms with Gasteiger partial charge in [0.1, 0.15) is 17.2 Å². The lowest BCUT2D eigenvalue weighted by Crippen LogP contribution is -2.45. The molecule has 0 saturated carbocycles. The van der Waals surface area contributed by atoms with Crippen molar-refractivity contribution in [2.24, 2.45) is 5.41 Å². The number of aliphatic carboxylic acids is 1. The van der Waals surface area contributed by atoms with Crippen LogP contribution in [0, 0.1) is 5.41 Å². The van der Waals surface area contributed by atoms with Gasteiger partial charge in [0.2, 0.25) is 22.8 Å². The van der Waals surface area contributed by atoms with Crippen LogP contribution in [0.1, 0.15) is 83.2 Å². The van der Waals surface area contributed by atoms with Crippen LogP contribution in [0.3, 0.4) is 0 Å². The Labute approximate surface area is 308 Å². The third-order valence-electron chi connectivity index (χ3n) is 8.77. The molecule has 1 aliphatic rings. The van der Waals surface area contributed by atoms with Gasteiger partial charge in [-0.15, -0.1) is 11.8 Å². The van der Waals surface area contributed by atoms with Crippen LogP contribution in [-0.2, 0) is 24.0 Å². The van der Waals surface area contributed by atoms with Crippen LogP contribution in [0.15, 0.2) is 82.6 Å². The lowest BCUT2D eigenvalue weighted by molar-refractivity contribution is -0.138. The second-order valence-corrected chi connectivity index (χ2v) is 14.3. The Morgan fingerprint density at radius 1 is 0.922 bits per heavy atom. The first-order valence-electron chi connectivity index (χ1n) is 17.5. The van der Waals surface area contributed by atoms with Gasteiger partial charge in [0.25, 0.3) is 0 Å². The van der Waals surface area contributed by atoms with Crippen molar-refractivity contribution in [2.45, 2.75) is 87.5 Å². The summed E-state index contributed by atoms with van der Waals surface area (Å²) in [6, 6.07) is 20.9. The predicted octanol–water partition coefficient (Wildman–Crippen LogP) is 7.68. The van der Waals surface area contributed by atoms with Crippen molar-refractivity contribution < 1.29 is 33.8 Å². The average Bonchev–Trinajstić information content (AvgIpc) is 3.21. The third-order valence-corrected chi connectivity index (χ3v) is 10.7. The van der Waals surface area contributed by atoms with Gasteiger partial charge in [0.05, 0.1) is 23.6 Å². The largest absolute Gasteiger partial charge is 0.492 e. The number of hydrogen-bond donors (Lipinski definition) is 3. The maximum Gasteiger partial charge on any atom is 0.303 e. The van der Waals surface area contributed by atoms with Gasteiger partial charge in [-0.3, -0.25) is 28.9 Å². The molecule has 1 atom stereocenters. The number of hydrogen-bond acceptors (Lipinski definition) is 8. The molecule has 0 spiro atoms. The van der Waals surface area contributed by atoms with Crippen molar-refractivity contribution in [3.8, 4) is 5.75 Å². The smallest absolute Gasteiger partial charge is 0.303 e. The molecule has 51 heavy (non-hydrogen) atoms. The maximum atomic E-state index is 14.7. The Kier molecular flexibility index (Phi) is 15.0. The van der Waals surface area contributed by atoms with Crippen molar-refractivity contribution >= 4 is 63.7 Å². The molecule has 3 aromatic carbocycles. The predicted molar refractivity (Wildman–Crippen MR) is 201 cm³/mol. The molecule has 1 aliphatic heterocycles. The minimum absolute atomic E-state index is 0.00317. The summed E-state index contributed by atoms with van der Waals surface area (Å²) >= 11 is 2.52. The number of anilines is 2. The minimum atomic E-state index is -1.16. The highest BCUT2D eigenvalue weighted by Crippen LogP contribution is 2.51. The summed E-state index contributed by atoms with van der Waals surface area (Å²) in [7, 11) is 0. The highest BCUT2D eigenvalue weighted by atomic mass is 32.2. The van der Waals surface area contributed by atoms with Crippen molar-refractivity contribution in [1.82, 2.24) is 10.6 Å². The van der Waals surface area contributed by atoms with Crippen molar-refractivity contribution in [2.75, 3.05) is 24.3 Å². The van der Waals surface area contributed by atoms with Crippen LogP contribution in [0.2, 0.25) is 0 Å². The highest BCUT2D eigenvalue weighted by Gasteiger charge is 2.50. The van der Waals surface area contributed by atoms with E-state index in [2.05, 4.69) is 24.5 Å². The number of fused-ring (bicyclic) bond motifs is 1. The summed E-state index contributed by atoms with van der Waals surface area (Å²) < 4.78 is 6.17. The quantitative estimate of drug-likeness (QED) is 0.0643. The zero-order chi connectivity index (χ0) is 36.8. The molecular formula is C39H47N3O7S2. The molecular weight excluding hydrogens is 687 g/mol. The maximum absolute atomic E-state index is 14.7. The van der Waals surface area contributed by atoms with Crippen molar-refractivity contribution in [3.63, 3.8) is 0 Å². The zero-order valence-corrected chi connectivity index (χ0v) is 31.1. The first-order chi connectivity index (χ1) is 24.6. The summed E-state index contributed by atoms with van der Waals surface area (Å²) in [5, 5.41) is 14.2. The fourth-order valence-corrected chi connectivity index (χ4v) is 7.64. The van der Waals surface area contributed by atoms with E-state index in [1.807, 2.05) is 48.7 Å². The molecule has 10 nitrogen and oxygen atoms in total. The lowest BCUT2D eigenvalue weighted by Gasteiger charge is -2.34. The van der Waals surface area contributed by atoms with Crippen LogP contribution in [-0.4, -0.2) is 53.3 Å². The number of thioether (sulfide) groups is 2. The fraction of sp³-hybridized carbons (Fsp3) is 0.410. The second-order valence-electron chi connectivity index (χ2n) is 12.4. The van der Waals surface area contributed by atoms with E-state index in [0.717, 1.165) is 42.3 Å². The number of para-hydroxylation sites is 1. The molecule has 12 heteroatoms. The minimum Gasteiger partial charge on any atom is -0.492 e. The van der Waals surface area contributed by atoms with E-state index in [1.165, 1.54) is 11.8 Å². The van der Waals surface area contributed by atoms with Gasteiger partial charge in [0, 0.05) is 23.5 Å². The van der Waals surface area contributed by atoms with E-state index in [4.69, 9.17) is 9.84 Å². The summed E-state index contributed by atoms with van der Waals surface area (Å²) in [5.41, 5.74) is 0.731. The van der Waals surface area contributed by atoms with Crippen LogP contribution < -0.4 is 20.3 Å². The molecule has 272 valence electrons. The SMILES string of the molecule is CCCCC1(CCCC)C(=O)Sc2cc(OCCC(=O)N[C@@H](C(=O)NCCCC(=O)O)c3ccccc3)c(SC)cc2N(c2ccccc2)C1=O. The fourth-order valence-electron chi connectivity index (χ4n) is 5.99. The molecule has 0 bridgehead atoms. The number of amides is 3. The third kappa shape index (κ3) is 10.2. The molecule has 0 saturated heterocycles. The van der Waals surface area contributed by atoms with E-state index < -0.39 is 29.2 Å². The van der Waals surface area contributed by atoms with E-state index in [1.54, 1.807) is 35.2 Å². The first kappa shape index (κ1) is 39.5. The Bertz CT molecular complexity index is 1660. The van der Waals surface area contributed by atoms with Gasteiger partial charge in [-0.05, 0) is 67.1 Å². The molecule has 0 aliphatic carbocycles. The Hall–Kier alpha value is -4.29. The van der Waals surface area contributed by atoms with Gasteiger partial charge >= 0.3 is 5.97 Å². The van der Waals surface area contributed by atoms with Crippen molar-refractivity contribution in [3.05, 3.63) is 78.4 Å². The Morgan fingerprint density at radius 3 is 2.18 bits per heavy atom. The summed E-state index contributed by atoms with van der Waals surface area (Å²) in [4.78, 5) is 69.0. The normalized spacial score (nSPS) is 14.3. The van der Waals surface area contributed by atoms with E-state index in [0.29, 0.717) is 40.4 Å². The first-order valence-corrected chi connectivity index (χ1v) is 19.5. The topological polar surface area (TPSA) is 142 Å². The molecule has 3 aromatic rings. The zero-order valence-electron chi connectivity index (χ0n) is 29.4. The second kappa shape index (κ2) is 19.4.